The summed E-state index contributed by atoms with van der Waals surface area (Å²) in [5, 5.41) is 2.97. The van der Waals surface area contributed by atoms with Crippen molar-refractivity contribution in [3.05, 3.63) is 54.6 Å². The smallest absolute Gasteiger partial charge is 0.238 e. The molecule has 28 heavy (non-hydrogen) atoms. The third-order valence-electron chi connectivity index (χ3n) is 4.31. The molecule has 0 unspecified atom stereocenters. The van der Waals surface area contributed by atoms with E-state index in [9.17, 15) is 9.59 Å². The third-order valence-corrected chi connectivity index (χ3v) is 5.40. The summed E-state index contributed by atoms with van der Waals surface area (Å²) in [5.41, 5.74) is 0.772. The van der Waals surface area contributed by atoms with Gasteiger partial charge in [-0.1, -0.05) is 42.1 Å². The highest BCUT2D eigenvalue weighted by Gasteiger charge is 2.19. The molecular weight excluding hydrogens is 374 g/mol. The van der Waals surface area contributed by atoms with Crippen LogP contribution in [-0.4, -0.2) is 68.1 Å². The first-order chi connectivity index (χ1) is 13.6. The second kappa shape index (κ2) is 10.3. The molecule has 2 aromatic rings. The van der Waals surface area contributed by atoms with Gasteiger partial charge in [0.05, 0.1) is 32.0 Å². The number of rotatable bonds is 7. The summed E-state index contributed by atoms with van der Waals surface area (Å²) in [6.45, 7) is 2.75. The van der Waals surface area contributed by atoms with Crippen LogP contribution in [0.5, 0.6) is 0 Å². The van der Waals surface area contributed by atoms with Crippen molar-refractivity contribution in [1.82, 2.24) is 9.80 Å². The first-order valence-electron chi connectivity index (χ1n) is 9.27. The highest BCUT2D eigenvalue weighted by Crippen LogP contribution is 2.33. The third kappa shape index (κ3) is 6.09. The molecule has 7 heteroatoms. The number of hydrogen-bond acceptors (Lipinski definition) is 5. The number of carbonyl (C=O) groups excluding carboxylic acids is 2. The van der Waals surface area contributed by atoms with Gasteiger partial charge in [-0.15, -0.1) is 0 Å². The van der Waals surface area contributed by atoms with E-state index in [-0.39, 0.29) is 24.9 Å². The van der Waals surface area contributed by atoms with E-state index in [1.54, 1.807) is 28.6 Å². The highest BCUT2D eigenvalue weighted by molar-refractivity contribution is 7.99. The molecule has 1 heterocycles. The lowest BCUT2D eigenvalue weighted by molar-refractivity contribution is -0.136. The van der Waals surface area contributed by atoms with E-state index in [1.165, 1.54) is 0 Å². The number of likely N-dealkylation sites (N-methyl/N-ethyl adjacent to an activating group) is 1. The maximum Gasteiger partial charge on any atom is 0.238 e. The molecule has 148 valence electrons. The second-order valence-electron chi connectivity index (χ2n) is 6.62. The van der Waals surface area contributed by atoms with Gasteiger partial charge in [0.15, 0.2) is 0 Å². The van der Waals surface area contributed by atoms with E-state index < -0.39 is 0 Å². The number of nitrogens with one attached hydrogen (secondary N) is 1. The Morgan fingerprint density at radius 3 is 2.46 bits per heavy atom. The van der Waals surface area contributed by atoms with Crippen LogP contribution in [0.25, 0.3) is 0 Å². The lowest BCUT2D eigenvalue weighted by Crippen LogP contribution is -2.46. The minimum atomic E-state index is -0.140. The molecule has 0 bridgehead atoms. The molecule has 2 aromatic carbocycles. The molecule has 6 nitrogen and oxygen atoms in total. The van der Waals surface area contributed by atoms with Crippen molar-refractivity contribution in [2.75, 3.05) is 51.8 Å². The van der Waals surface area contributed by atoms with Gasteiger partial charge in [-0.2, -0.15) is 0 Å². The fourth-order valence-electron chi connectivity index (χ4n) is 2.91. The van der Waals surface area contributed by atoms with E-state index in [1.807, 2.05) is 54.6 Å². The summed E-state index contributed by atoms with van der Waals surface area (Å²) in [5.74, 6) is -0.114. The van der Waals surface area contributed by atoms with Crippen molar-refractivity contribution >= 4 is 29.3 Å². The summed E-state index contributed by atoms with van der Waals surface area (Å²) < 4.78 is 5.27. The largest absolute Gasteiger partial charge is 0.378 e. The number of carbonyl (C=O) groups is 2. The van der Waals surface area contributed by atoms with Gasteiger partial charge in [0.2, 0.25) is 11.8 Å². The number of ether oxygens (including phenoxy) is 1. The standard InChI is InChI=1S/C21H25N3O3S/c1-23(16-21(26)24-11-13-27-14-12-24)15-20(25)22-18-9-5-6-10-19(18)28-17-7-3-2-4-8-17/h2-10H,11-16H2,1H3,(H,22,25). The Labute approximate surface area is 169 Å². The fourth-order valence-corrected chi connectivity index (χ4v) is 3.83. The molecule has 0 aliphatic carbocycles. The van der Waals surface area contributed by atoms with Crippen molar-refractivity contribution in [2.45, 2.75) is 9.79 Å². The molecule has 1 aliphatic rings. The van der Waals surface area contributed by atoms with Gasteiger partial charge < -0.3 is 15.0 Å². The number of morpholine rings is 1. The van der Waals surface area contributed by atoms with Crippen molar-refractivity contribution < 1.29 is 14.3 Å². The molecule has 3 rings (SSSR count). The Balaban J connectivity index is 1.53. The van der Waals surface area contributed by atoms with Gasteiger partial charge in [-0.05, 0) is 31.3 Å². The van der Waals surface area contributed by atoms with Gasteiger partial charge in [0.1, 0.15) is 0 Å². The summed E-state index contributed by atoms with van der Waals surface area (Å²) >= 11 is 1.60. The number of nitrogens with zero attached hydrogens (tertiary/aromatic N) is 2. The SMILES string of the molecule is CN(CC(=O)Nc1ccccc1Sc1ccccc1)CC(=O)N1CCOCC1. The van der Waals surface area contributed by atoms with Gasteiger partial charge in [0.25, 0.3) is 0 Å². The van der Waals surface area contributed by atoms with Crippen LogP contribution < -0.4 is 5.32 Å². The summed E-state index contributed by atoms with van der Waals surface area (Å²) in [4.78, 5) is 30.4. The zero-order chi connectivity index (χ0) is 19.8. The summed E-state index contributed by atoms with van der Waals surface area (Å²) in [6, 6.07) is 17.8. The van der Waals surface area contributed by atoms with Gasteiger partial charge in [-0.25, -0.2) is 0 Å². The van der Waals surface area contributed by atoms with E-state index >= 15 is 0 Å². The second-order valence-corrected chi connectivity index (χ2v) is 7.74. The molecule has 0 radical (unpaired) electrons. The summed E-state index contributed by atoms with van der Waals surface area (Å²) in [7, 11) is 1.78. The maximum absolute atomic E-state index is 12.5. The average molecular weight is 400 g/mol. The molecule has 1 aliphatic heterocycles. The summed E-state index contributed by atoms with van der Waals surface area (Å²) in [6.07, 6.45) is 0. The van der Waals surface area contributed by atoms with Crippen LogP contribution in [0.3, 0.4) is 0 Å². The Morgan fingerprint density at radius 2 is 1.71 bits per heavy atom. The molecule has 0 aromatic heterocycles. The fraction of sp³-hybridized carbons (Fsp3) is 0.333. The minimum Gasteiger partial charge on any atom is -0.378 e. The topological polar surface area (TPSA) is 61.9 Å². The van der Waals surface area contributed by atoms with E-state index in [0.717, 1.165) is 15.5 Å². The van der Waals surface area contributed by atoms with Crippen LogP contribution in [0.2, 0.25) is 0 Å². The van der Waals surface area contributed by atoms with E-state index in [4.69, 9.17) is 4.74 Å². The van der Waals surface area contributed by atoms with Crippen LogP contribution in [0, 0.1) is 0 Å². The van der Waals surface area contributed by atoms with Crippen LogP contribution in [-0.2, 0) is 14.3 Å². The van der Waals surface area contributed by atoms with Crippen molar-refractivity contribution in [2.24, 2.45) is 0 Å². The average Bonchev–Trinajstić information content (AvgIpc) is 2.70. The number of benzene rings is 2. The van der Waals surface area contributed by atoms with Crippen molar-refractivity contribution in [3.63, 3.8) is 0 Å². The Hall–Kier alpha value is -2.35. The zero-order valence-corrected chi connectivity index (χ0v) is 16.8. The van der Waals surface area contributed by atoms with Gasteiger partial charge in [-0.3, -0.25) is 14.5 Å². The molecule has 0 atom stereocenters. The van der Waals surface area contributed by atoms with Crippen LogP contribution in [0.4, 0.5) is 5.69 Å². The lowest BCUT2D eigenvalue weighted by atomic mass is 10.3. The number of para-hydroxylation sites is 1. The predicted molar refractivity (Wildman–Crippen MR) is 111 cm³/mol. The Kier molecular flexibility index (Phi) is 7.47. The van der Waals surface area contributed by atoms with Crippen molar-refractivity contribution in [1.29, 1.82) is 0 Å². The number of hydrogen-bond donors (Lipinski definition) is 1. The molecule has 0 saturated carbocycles. The predicted octanol–water partition coefficient (Wildman–Crippen LogP) is 2.57. The first kappa shape index (κ1) is 20.4. The van der Waals surface area contributed by atoms with Crippen LogP contribution >= 0.6 is 11.8 Å². The lowest BCUT2D eigenvalue weighted by Gasteiger charge is -2.28. The number of anilines is 1. The van der Waals surface area contributed by atoms with E-state index in [2.05, 4.69) is 5.32 Å². The zero-order valence-electron chi connectivity index (χ0n) is 16.0. The maximum atomic E-state index is 12.5. The number of amides is 2. The quantitative estimate of drug-likeness (QED) is 0.775. The molecular formula is C21H25N3O3S. The molecule has 0 spiro atoms. The van der Waals surface area contributed by atoms with Crippen LogP contribution in [0.1, 0.15) is 0 Å². The highest BCUT2D eigenvalue weighted by atomic mass is 32.2. The van der Waals surface area contributed by atoms with Crippen LogP contribution in [0.15, 0.2) is 64.4 Å². The minimum absolute atomic E-state index is 0.0265. The molecule has 2 amide bonds. The van der Waals surface area contributed by atoms with E-state index in [0.29, 0.717) is 26.3 Å². The van der Waals surface area contributed by atoms with Gasteiger partial charge >= 0.3 is 0 Å². The molecule has 1 saturated heterocycles. The normalized spacial score (nSPS) is 14.1. The first-order valence-corrected chi connectivity index (χ1v) is 10.1. The Bertz CT molecular complexity index is 794. The Morgan fingerprint density at radius 1 is 1.04 bits per heavy atom. The van der Waals surface area contributed by atoms with Gasteiger partial charge in [0, 0.05) is 22.9 Å². The van der Waals surface area contributed by atoms with Crippen molar-refractivity contribution in [3.8, 4) is 0 Å². The monoisotopic (exact) mass is 399 g/mol. The molecule has 1 fully saturated rings. The molecule has 1 N–H and O–H groups in total.